The molecule has 2 aliphatic rings. The molecule has 0 saturated carbocycles. The van der Waals surface area contributed by atoms with E-state index in [0.717, 1.165) is 6.54 Å². The van der Waals surface area contributed by atoms with Crippen LogP contribution in [0.25, 0.3) is 0 Å². The smallest absolute Gasteiger partial charge is 0.0523 e. The van der Waals surface area contributed by atoms with Gasteiger partial charge in [0.25, 0.3) is 0 Å². The van der Waals surface area contributed by atoms with Crippen LogP contribution in [0.4, 0.5) is 5.69 Å². The lowest BCUT2D eigenvalue weighted by Crippen LogP contribution is -2.45. The predicted molar refractivity (Wildman–Crippen MR) is 75.6 cm³/mol. The molecule has 0 amide bonds. The van der Waals surface area contributed by atoms with E-state index in [1.807, 2.05) is 0 Å². The van der Waals surface area contributed by atoms with Crippen LogP contribution < -0.4 is 10.6 Å². The van der Waals surface area contributed by atoms with Gasteiger partial charge in [-0.05, 0) is 40.4 Å². The minimum Gasteiger partial charge on any atom is -0.380 e. The van der Waals surface area contributed by atoms with E-state index >= 15 is 0 Å². The van der Waals surface area contributed by atoms with E-state index in [4.69, 9.17) is 0 Å². The standard InChI is InChI=1S/C14H19BrN2/c1-2-4-9-7-13-11(8-16-9)10-5-3-6-12(15)14(10)17-13/h3,5-6,9,11,13,16-17H,2,4,7-8H2,1H3/t9?,11-,13-/m0/s1. The molecule has 1 fully saturated rings. The Bertz CT molecular complexity index is 419. The highest BCUT2D eigenvalue weighted by Crippen LogP contribution is 2.43. The third-order valence-corrected chi connectivity index (χ3v) is 4.72. The van der Waals surface area contributed by atoms with Gasteiger partial charge in [0.1, 0.15) is 0 Å². The topological polar surface area (TPSA) is 24.1 Å². The molecule has 1 aromatic carbocycles. The van der Waals surface area contributed by atoms with Crippen molar-refractivity contribution >= 4 is 21.6 Å². The Morgan fingerprint density at radius 2 is 2.29 bits per heavy atom. The van der Waals surface area contributed by atoms with Crippen molar-refractivity contribution in [2.75, 3.05) is 11.9 Å². The maximum absolute atomic E-state index is 3.71. The second-order valence-corrected chi connectivity index (χ2v) is 6.05. The zero-order valence-corrected chi connectivity index (χ0v) is 11.8. The quantitative estimate of drug-likeness (QED) is 0.872. The lowest BCUT2D eigenvalue weighted by atomic mass is 9.86. The van der Waals surface area contributed by atoms with Crippen LogP contribution in [0.1, 0.15) is 37.7 Å². The molecule has 0 spiro atoms. The molecule has 1 aromatic rings. The lowest BCUT2D eigenvalue weighted by Gasteiger charge is -2.33. The van der Waals surface area contributed by atoms with Gasteiger partial charge in [-0.15, -0.1) is 0 Å². The van der Waals surface area contributed by atoms with Gasteiger partial charge < -0.3 is 10.6 Å². The van der Waals surface area contributed by atoms with E-state index in [-0.39, 0.29) is 0 Å². The van der Waals surface area contributed by atoms with Crippen LogP contribution in [0, 0.1) is 0 Å². The van der Waals surface area contributed by atoms with E-state index in [9.17, 15) is 0 Å². The van der Waals surface area contributed by atoms with Crippen LogP contribution in [0.15, 0.2) is 22.7 Å². The Balaban J connectivity index is 1.82. The van der Waals surface area contributed by atoms with Crippen molar-refractivity contribution in [1.82, 2.24) is 5.32 Å². The first kappa shape index (κ1) is 11.5. The van der Waals surface area contributed by atoms with Gasteiger partial charge in [0.15, 0.2) is 0 Å². The summed E-state index contributed by atoms with van der Waals surface area (Å²) in [6, 6.07) is 7.86. The van der Waals surface area contributed by atoms with Gasteiger partial charge in [0, 0.05) is 29.0 Å². The number of hydrogen-bond donors (Lipinski definition) is 2. The second-order valence-electron chi connectivity index (χ2n) is 5.19. The van der Waals surface area contributed by atoms with Gasteiger partial charge in [0.2, 0.25) is 0 Å². The normalized spacial score (nSPS) is 30.6. The van der Waals surface area contributed by atoms with Crippen LogP contribution in [0.2, 0.25) is 0 Å². The van der Waals surface area contributed by atoms with E-state index in [2.05, 4.69) is 51.7 Å². The number of rotatable bonds is 2. The first-order valence-electron chi connectivity index (χ1n) is 6.58. The molecule has 17 heavy (non-hydrogen) atoms. The fourth-order valence-electron chi connectivity index (χ4n) is 3.23. The Morgan fingerprint density at radius 1 is 1.41 bits per heavy atom. The van der Waals surface area contributed by atoms with Gasteiger partial charge in [-0.3, -0.25) is 0 Å². The Kier molecular flexibility index (Phi) is 3.14. The number of halogens is 1. The molecule has 1 unspecified atom stereocenters. The molecular formula is C14H19BrN2. The average molecular weight is 295 g/mol. The molecule has 2 N–H and O–H groups in total. The Morgan fingerprint density at radius 3 is 3.12 bits per heavy atom. The summed E-state index contributed by atoms with van der Waals surface area (Å²) < 4.78 is 1.21. The van der Waals surface area contributed by atoms with Gasteiger partial charge >= 0.3 is 0 Å². The zero-order chi connectivity index (χ0) is 11.8. The van der Waals surface area contributed by atoms with Gasteiger partial charge in [-0.1, -0.05) is 25.5 Å². The van der Waals surface area contributed by atoms with Gasteiger partial charge in [-0.2, -0.15) is 0 Å². The van der Waals surface area contributed by atoms with Crippen molar-refractivity contribution in [3.8, 4) is 0 Å². The van der Waals surface area contributed by atoms with E-state index < -0.39 is 0 Å². The van der Waals surface area contributed by atoms with Crippen LogP contribution in [0.5, 0.6) is 0 Å². The number of fused-ring (bicyclic) bond motifs is 3. The number of hydrogen-bond acceptors (Lipinski definition) is 2. The van der Waals surface area contributed by atoms with Crippen LogP contribution >= 0.6 is 15.9 Å². The summed E-state index contributed by atoms with van der Waals surface area (Å²) in [7, 11) is 0. The van der Waals surface area contributed by atoms with Crippen molar-refractivity contribution in [1.29, 1.82) is 0 Å². The third-order valence-electron chi connectivity index (χ3n) is 4.06. The molecule has 2 heterocycles. The maximum atomic E-state index is 3.71. The van der Waals surface area contributed by atoms with E-state index in [1.54, 1.807) is 0 Å². The zero-order valence-electron chi connectivity index (χ0n) is 10.2. The molecule has 1 saturated heterocycles. The first-order valence-corrected chi connectivity index (χ1v) is 7.37. The first-order chi connectivity index (χ1) is 8.29. The van der Waals surface area contributed by atoms with Crippen molar-refractivity contribution in [2.45, 2.75) is 44.2 Å². The summed E-state index contributed by atoms with van der Waals surface area (Å²) >= 11 is 3.64. The summed E-state index contributed by atoms with van der Waals surface area (Å²) in [5.74, 6) is 0.649. The fraction of sp³-hybridized carbons (Fsp3) is 0.571. The summed E-state index contributed by atoms with van der Waals surface area (Å²) in [5, 5.41) is 7.40. The molecule has 0 bridgehead atoms. The SMILES string of the molecule is CCCC1C[C@@H]2Nc3c(Br)cccc3[C@@H]2CN1. The monoisotopic (exact) mass is 294 g/mol. The van der Waals surface area contributed by atoms with E-state index in [0.29, 0.717) is 18.0 Å². The molecule has 2 aliphatic heterocycles. The highest BCUT2D eigenvalue weighted by molar-refractivity contribution is 9.10. The number of para-hydroxylation sites is 1. The van der Waals surface area contributed by atoms with Crippen molar-refractivity contribution < 1.29 is 0 Å². The van der Waals surface area contributed by atoms with Gasteiger partial charge in [-0.25, -0.2) is 0 Å². The summed E-state index contributed by atoms with van der Waals surface area (Å²) in [4.78, 5) is 0. The number of benzene rings is 1. The van der Waals surface area contributed by atoms with Crippen molar-refractivity contribution in [3.05, 3.63) is 28.2 Å². The number of anilines is 1. The Labute approximate surface area is 111 Å². The molecule has 2 nitrogen and oxygen atoms in total. The van der Waals surface area contributed by atoms with Crippen LogP contribution in [-0.2, 0) is 0 Å². The number of piperidine rings is 1. The molecule has 0 radical (unpaired) electrons. The molecule has 92 valence electrons. The summed E-state index contributed by atoms with van der Waals surface area (Å²) in [6.45, 7) is 3.38. The maximum Gasteiger partial charge on any atom is 0.0523 e. The molecule has 3 rings (SSSR count). The van der Waals surface area contributed by atoms with Crippen molar-refractivity contribution in [2.24, 2.45) is 0 Å². The van der Waals surface area contributed by atoms with Crippen molar-refractivity contribution in [3.63, 3.8) is 0 Å². The molecule has 3 heteroatoms. The highest BCUT2D eigenvalue weighted by atomic mass is 79.9. The Hall–Kier alpha value is -0.540. The fourth-order valence-corrected chi connectivity index (χ4v) is 3.73. The molecule has 0 aliphatic carbocycles. The minimum atomic E-state index is 0.626. The largest absolute Gasteiger partial charge is 0.380 e. The molecule has 3 atom stereocenters. The minimum absolute atomic E-state index is 0.626. The molecular weight excluding hydrogens is 276 g/mol. The number of nitrogens with one attached hydrogen (secondary N) is 2. The molecule has 0 aromatic heterocycles. The second kappa shape index (κ2) is 4.62. The van der Waals surface area contributed by atoms with E-state index in [1.165, 1.54) is 35.0 Å². The highest BCUT2D eigenvalue weighted by Gasteiger charge is 2.37. The van der Waals surface area contributed by atoms with Crippen LogP contribution in [0.3, 0.4) is 0 Å². The van der Waals surface area contributed by atoms with Gasteiger partial charge in [0.05, 0.1) is 5.69 Å². The predicted octanol–water partition coefficient (Wildman–Crippen LogP) is 3.49. The average Bonchev–Trinajstić information content (AvgIpc) is 2.69. The van der Waals surface area contributed by atoms with Crippen LogP contribution in [-0.4, -0.2) is 18.6 Å². The summed E-state index contributed by atoms with van der Waals surface area (Å²) in [5.41, 5.74) is 2.80. The summed E-state index contributed by atoms with van der Waals surface area (Å²) in [6.07, 6.45) is 3.81. The third kappa shape index (κ3) is 2.00. The lowest BCUT2D eigenvalue weighted by molar-refractivity contribution is 0.335.